The van der Waals surface area contributed by atoms with Crippen molar-refractivity contribution >= 4 is 90.5 Å². The highest BCUT2D eigenvalue weighted by Gasteiger charge is 2.46. The molecule has 0 radical (unpaired) electrons. The van der Waals surface area contributed by atoms with Crippen LogP contribution in [0.4, 0.5) is 17.5 Å². The Balaban J connectivity index is 0.000000182. The number of anilines is 3. The highest BCUT2D eigenvalue weighted by molar-refractivity contribution is 7.72. The smallest absolute Gasteiger partial charge is 0.167 e. The molecule has 84 heavy (non-hydrogen) atoms. The quantitative estimate of drug-likeness (QED) is 0.0259. The predicted octanol–water partition coefficient (Wildman–Crippen LogP) is 3.84. The van der Waals surface area contributed by atoms with E-state index in [0.29, 0.717) is 96.5 Å². The van der Waals surface area contributed by atoms with E-state index in [0.717, 1.165) is 63.7 Å². The number of aliphatic hydroxyl groups is 6. The lowest BCUT2D eigenvalue weighted by Gasteiger charge is -2.18. The van der Waals surface area contributed by atoms with Gasteiger partial charge in [0, 0.05) is 32.8 Å². The van der Waals surface area contributed by atoms with Gasteiger partial charge in [0.25, 0.3) is 0 Å². The minimum absolute atomic E-state index is 0.423. The zero-order valence-corrected chi connectivity index (χ0v) is 52.8. The lowest BCUT2D eigenvalue weighted by molar-refractivity contribution is -0.0353. The number of aliphatic hydroxyl groups excluding tert-OH is 6. The molecule has 9 heterocycles. The van der Waals surface area contributed by atoms with Gasteiger partial charge in [-0.2, -0.15) is 0 Å². The van der Waals surface area contributed by atoms with Gasteiger partial charge in [-0.25, -0.2) is 44.9 Å². The lowest BCUT2D eigenvalue weighted by atomic mass is 10.1. The Bertz CT molecular complexity index is 3170. The Morgan fingerprint density at radius 3 is 1.13 bits per heavy atom. The summed E-state index contributed by atoms with van der Waals surface area (Å²) in [6.45, 7) is 17.6. The molecule has 0 bridgehead atoms. The van der Waals surface area contributed by atoms with E-state index in [1.54, 1.807) is 32.7 Å². The van der Waals surface area contributed by atoms with E-state index >= 15 is 0 Å². The molecule has 26 nitrogen and oxygen atoms in total. The minimum atomic E-state index is -1.25. The van der Waals surface area contributed by atoms with Gasteiger partial charge >= 0.3 is 0 Å². The first-order chi connectivity index (χ1) is 39.9. The summed E-state index contributed by atoms with van der Waals surface area (Å²) in [5.74, 6) is 1.93. The summed E-state index contributed by atoms with van der Waals surface area (Å²) < 4.78 is 28.5. The fraction of sp³-hybridized carbons (Fsp3) is 0.673. The minimum Gasteiger partial charge on any atom is -0.388 e. The first-order valence-corrected chi connectivity index (χ1v) is 38.2. The SMILES string of the molecule is C=P(C)(C)CC[C@H]1O[C@@H](n2cnc3c(NCCC)ncnc32)[C@H](O)[C@@H]1O.C=P(C)(C)CC[C@H]1O[C@@H](n2cnc3c(NCCCC)ncnc32)[C@H](O)[C@@H]1O.C=P(C)(C)CC[C@H]1O[C@@H](n2cnc3c(NCCCOCCCN)ncnc32)[C@H](O)[C@@H]1O. The number of hydrogen-bond acceptors (Lipinski definition) is 23. The molecular formula is C55H93N16O10P3. The van der Waals surface area contributed by atoms with Crippen molar-refractivity contribution in [2.24, 2.45) is 5.73 Å². The highest BCUT2D eigenvalue weighted by atomic mass is 31.2. The van der Waals surface area contributed by atoms with Crippen LogP contribution in [0.15, 0.2) is 38.0 Å². The predicted molar refractivity (Wildman–Crippen MR) is 340 cm³/mol. The molecular weight excluding hydrogens is 1140 g/mol. The second kappa shape index (κ2) is 30.4. The molecule has 12 atom stereocenters. The van der Waals surface area contributed by atoms with Gasteiger partial charge in [-0.3, -0.25) is 13.7 Å². The molecule has 0 unspecified atom stereocenters. The molecule has 9 rings (SSSR count). The van der Waals surface area contributed by atoms with Crippen LogP contribution in [0.3, 0.4) is 0 Å². The number of nitrogens with zero attached hydrogens (tertiary/aromatic N) is 12. The van der Waals surface area contributed by atoms with Crippen LogP contribution in [-0.4, -0.2) is 261 Å². The Hall–Kier alpha value is -4.49. The Kier molecular flexibility index (Phi) is 24.3. The van der Waals surface area contributed by atoms with Crippen molar-refractivity contribution in [3.63, 3.8) is 0 Å². The molecule has 0 amide bonds. The van der Waals surface area contributed by atoms with Gasteiger partial charge in [-0.1, -0.05) is 20.3 Å². The molecule has 0 spiro atoms. The van der Waals surface area contributed by atoms with Gasteiger partial charge in [0.2, 0.25) is 0 Å². The van der Waals surface area contributed by atoms with Gasteiger partial charge in [0.05, 0.1) is 37.3 Å². The highest BCUT2D eigenvalue weighted by Crippen LogP contribution is 2.43. The summed E-state index contributed by atoms with van der Waals surface area (Å²) in [4.78, 5) is 39.0. The summed E-state index contributed by atoms with van der Waals surface area (Å²) in [5.41, 5.74) is 8.98. The van der Waals surface area contributed by atoms with Crippen LogP contribution >= 0.6 is 20.7 Å². The lowest BCUT2D eigenvalue weighted by Crippen LogP contribution is -2.31. The summed E-state index contributed by atoms with van der Waals surface area (Å²) in [7, 11) is 0. The average molecular weight is 1230 g/mol. The molecule has 0 saturated carbocycles. The molecule has 468 valence electrons. The van der Waals surface area contributed by atoms with Crippen LogP contribution in [0.5, 0.6) is 0 Å². The molecule has 3 fully saturated rings. The molecule has 0 aromatic carbocycles. The first kappa shape index (κ1) is 67.0. The number of hydrogen-bond donors (Lipinski definition) is 10. The van der Waals surface area contributed by atoms with Crippen molar-refractivity contribution in [1.82, 2.24) is 58.6 Å². The van der Waals surface area contributed by atoms with Gasteiger partial charge in [0.15, 0.2) is 69.6 Å². The summed E-state index contributed by atoms with van der Waals surface area (Å²) in [6, 6.07) is 0. The van der Waals surface area contributed by atoms with E-state index in [-0.39, 0.29) is 0 Å². The molecule has 6 aromatic heterocycles. The third kappa shape index (κ3) is 17.6. The number of fused-ring (bicyclic) bond motifs is 3. The number of ether oxygens (including phenoxy) is 4. The third-order valence-electron chi connectivity index (χ3n) is 14.6. The number of rotatable bonds is 27. The van der Waals surface area contributed by atoms with Gasteiger partial charge in [-0.15, -0.1) is 39.6 Å². The summed E-state index contributed by atoms with van der Waals surface area (Å²) >= 11 is 0. The maximum Gasteiger partial charge on any atom is 0.167 e. The van der Waals surface area contributed by atoms with Crippen molar-refractivity contribution in [3.8, 4) is 0 Å². The molecule has 3 aliphatic rings. The number of imidazole rings is 3. The summed E-state index contributed by atoms with van der Waals surface area (Å²) in [6.07, 6.45) is 21.7. The van der Waals surface area contributed by atoms with E-state index in [9.17, 15) is 30.6 Å². The number of aromatic nitrogens is 12. The Morgan fingerprint density at radius 1 is 0.476 bits per heavy atom. The van der Waals surface area contributed by atoms with Crippen LogP contribution in [0, 0.1) is 0 Å². The molecule has 6 aromatic rings. The first-order valence-electron chi connectivity index (χ1n) is 29.0. The topological polar surface area (TPSA) is 351 Å². The van der Waals surface area contributed by atoms with Crippen molar-refractivity contribution < 1.29 is 49.6 Å². The zero-order chi connectivity index (χ0) is 60.9. The summed E-state index contributed by atoms with van der Waals surface area (Å²) in [5, 5.41) is 72.7. The average Bonchev–Trinajstić information content (AvgIpc) is 2.57. The van der Waals surface area contributed by atoms with Crippen molar-refractivity contribution in [3.05, 3.63) is 38.0 Å². The fourth-order valence-corrected chi connectivity index (χ4v) is 12.7. The molecule has 11 N–H and O–H groups in total. The normalized spacial score (nSPS) is 25.5. The molecule has 0 aliphatic carbocycles. The van der Waals surface area contributed by atoms with Crippen LogP contribution in [0.25, 0.3) is 33.5 Å². The van der Waals surface area contributed by atoms with Crippen molar-refractivity contribution in [2.75, 3.05) is 114 Å². The number of unbranched alkanes of at least 4 members (excludes halogenated alkanes) is 1. The van der Waals surface area contributed by atoms with E-state index in [1.807, 2.05) is 0 Å². The van der Waals surface area contributed by atoms with Crippen LogP contribution in [0.1, 0.15) is 83.9 Å². The van der Waals surface area contributed by atoms with Crippen LogP contribution in [0.2, 0.25) is 0 Å². The number of nitrogens with two attached hydrogens (primary N) is 1. The third-order valence-corrected chi connectivity index (χ3v) is 19.0. The van der Waals surface area contributed by atoms with Crippen LogP contribution < -0.4 is 21.7 Å². The number of nitrogens with one attached hydrogen (secondary N) is 3. The standard InChI is InChI=1S/C20H35N6O4P.C18H30N5O3P.C17H28N5O3P/c1-31(2,3)11-6-14-16(27)17(28)20(30-14)26-13-25-15-18(23-12-24-19(15)26)22-8-5-10-29-9-4-7-21;1-5-6-8-19-16-13-17(21-10-20-16)23(11-22-13)18-15(25)14(24)12(26-18)7-9-27(2,3)4;1-5-7-18-15-12-16(20-9-19-15)22(10-21-12)17-14(24)13(23)11(25-17)6-8-26(2,3)4/h12-14,16-17,20,27-28H,1,4-11,21H2,2-3H3,(H,22,23,24);10-12,14-15,18,24-25H,2,5-9H2,1,3-4H3,(H,19,20,21);9-11,13-14,17,23-24H,2,5-8H2,1,3-4H3,(H,18,19,20)/t14-,16-,17-,20-;12-,14-,15-,18-;11-,13-,14-,17-/m111/s1. The molecule has 29 heteroatoms. The van der Waals surface area contributed by atoms with Gasteiger partial charge in [0.1, 0.15) is 55.6 Å². The maximum atomic E-state index is 10.6. The Labute approximate surface area is 493 Å². The van der Waals surface area contributed by atoms with Gasteiger partial charge in [-0.05, 0) is 110 Å². The monoisotopic (exact) mass is 1230 g/mol. The second-order valence-corrected chi connectivity index (χ2v) is 36.8. The van der Waals surface area contributed by atoms with Crippen molar-refractivity contribution in [2.45, 2.75) is 139 Å². The zero-order valence-electron chi connectivity index (χ0n) is 50.1. The largest absolute Gasteiger partial charge is 0.388 e. The van der Waals surface area contributed by atoms with Crippen molar-refractivity contribution in [1.29, 1.82) is 0 Å². The molecule has 3 saturated heterocycles. The van der Waals surface area contributed by atoms with E-state index < -0.39 is 94.3 Å². The second-order valence-electron chi connectivity index (χ2n) is 23.9. The van der Waals surface area contributed by atoms with Crippen LogP contribution in [-0.2, 0) is 18.9 Å². The van der Waals surface area contributed by atoms with E-state index in [1.165, 1.54) is 19.0 Å². The van der Waals surface area contributed by atoms with E-state index in [4.69, 9.17) is 24.7 Å². The molecule has 3 aliphatic heterocycles. The fourth-order valence-electron chi connectivity index (χ4n) is 9.82. The Morgan fingerprint density at radius 2 is 0.810 bits per heavy atom. The van der Waals surface area contributed by atoms with E-state index in [2.05, 4.69) is 134 Å². The van der Waals surface area contributed by atoms with Gasteiger partial charge < -0.3 is 71.3 Å². The maximum absolute atomic E-state index is 10.6.